The number of benzene rings is 3. The second-order valence-electron chi connectivity index (χ2n) is 10.2. The molecular weight excluding hydrogens is 512 g/mol. The molecule has 3 aromatic carbocycles. The number of carbonyl (C=O) groups is 1. The molecule has 4 rings (SSSR count). The lowest BCUT2D eigenvalue weighted by Crippen LogP contribution is -2.44. The molecule has 8 nitrogen and oxygen atoms in total. The summed E-state index contributed by atoms with van der Waals surface area (Å²) in [6.45, 7) is 5.97. The van der Waals surface area contributed by atoms with E-state index in [1.54, 1.807) is 49.6 Å². The van der Waals surface area contributed by atoms with Gasteiger partial charge in [-0.05, 0) is 80.3 Å². The van der Waals surface area contributed by atoms with Gasteiger partial charge in [0.05, 0.1) is 24.8 Å². The Morgan fingerprint density at radius 3 is 2.28 bits per heavy atom. The highest BCUT2D eigenvalue weighted by molar-refractivity contribution is 7.92. The number of rotatable bonds is 8. The van der Waals surface area contributed by atoms with Crippen LogP contribution in [-0.4, -0.2) is 51.7 Å². The van der Waals surface area contributed by atoms with Crippen molar-refractivity contribution in [1.82, 2.24) is 4.90 Å². The van der Waals surface area contributed by atoms with E-state index in [2.05, 4.69) is 34.9 Å². The van der Waals surface area contributed by atoms with Crippen molar-refractivity contribution >= 4 is 27.3 Å². The van der Waals surface area contributed by atoms with Crippen LogP contribution < -0.4 is 14.8 Å². The molecule has 1 aliphatic heterocycles. The molecule has 0 saturated carbocycles. The van der Waals surface area contributed by atoms with Crippen molar-refractivity contribution in [3.05, 3.63) is 77.9 Å². The van der Waals surface area contributed by atoms with Crippen molar-refractivity contribution in [2.75, 3.05) is 36.5 Å². The van der Waals surface area contributed by atoms with E-state index in [9.17, 15) is 18.5 Å². The third kappa shape index (κ3) is 6.59. The summed E-state index contributed by atoms with van der Waals surface area (Å²) >= 11 is 0. The lowest BCUT2D eigenvalue weighted by atomic mass is 9.73. The van der Waals surface area contributed by atoms with Crippen molar-refractivity contribution in [3.8, 4) is 22.9 Å². The third-order valence-electron chi connectivity index (χ3n) is 7.22. The van der Waals surface area contributed by atoms with E-state index >= 15 is 0 Å². The average molecular weight is 547 g/mol. The summed E-state index contributed by atoms with van der Waals surface area (Å²) < 4.78 is 31.2. The van der Waals surface area contributed by atoms with Crippen molar-refractivity contribution < 1.29 is 17.9 Å². The number of nitrogens with one attached hydrogen (secondary N) is 2. The predicted octanol–water partition coefficient (Wildman–Crippen LogP) is 5.25. The molecule has 0 spiro atoms. The Bertz CT molecular complexity index is 1490. The fraction of sp³-hybridized carbons (Fsp3) is 0.333. The van der Waals surface area contributed by atoms with Crippen LogP contribution in [0.25, 0.3) is 11.1 Å². The number of ether oxygens (including phenoxy) is 1. The highest BCUT2D eigenvalue weighted by atomic mass is 32.2. The Labute approximate surface area is 230 Å². The molecule has 1 fully saturated rings. The summed E-state index contributed by atoms with van der Waals surface area (Å²) in [4.78, 5) is 15.5. The van der Waals surface area contributed by atoms with E-state index in [4.69, 9.17) is 4.74 Å². The first-order valence-electron chi connectivity index (χ1n) is 12.9. The van der Waals surface area contributed by atoms with Crippen LogP contribution in [-0.2, 0) is 15.4 Å². The first-order chi connectivity index (χ1) is 18.5. The number of methoxy groups -OCH3 is 1. The first kappa shape index (κ1) is 28.1. The van der Waals surface area contributed by atoms with Crippen LogP contribution in [0, 0.1) is 11.3 Å². The molecule has 0 bridgehead atoms. The van der Waals surface area contributed by atoms with Crippen molar-refractivity contribution in [1.29, 1.82) is 5.26 Å². The monoisotopic (exact) mass is 546 g/mol. The van der Waals surface area contributed by atoms with Crippen molar-refractivity contribution in [2.24, 2.45) is 0 Å². The lowest BCUT2D eigenvalue weighted by Gasteiger charge is -2.40. The normalized spacial score (nSPS) is 15.4. The number of piperidine rings is 1. The minimum Gasteiger partial charge on any atom is -0.496 e. The first-order valence-corrected chi connectivity index (χ1v) is 14.8. The van der Waals surface area contributed by atoms with Crippen LogP contribution in [0.15, 0.2) is 66.7 Å². The summed E-state index contributed by atoms with van der Waals surface area (Å²) in [7, 11) is -1.78. The van der Waals surface area contributed by atoms with Crippen LogP contribution >= 0.6 is 0 Å². The highest BCUT2D eigenvalue weighted by Gasteiger charge is 2.39. The Hall–Kier alpha value is -3.87. The Morgan fingerprint density at radius 2 is 1.69 bits per heavy atom. The number of carbonyl (C=O) groups excluding carboxylic acids is 1. The molecule has 1 amide bonds. The van der Waals surface area contributed by atoms with Gasteiger partial charge in [0, 0.05) is 41.6 Å². The number of hydrogen-bond donors (Lipinski definition) is 2. The molecule has 0 aromatic heterocycles. The van der Waals surface area contributed by atoms with Crippen molar-refractivity contribution in [2.45, 2.75) is 38.1 Å². The molecule has 3 aromatic rings. The van der Waals surface area contributed by atoms with Crippen LogP contribution in [0.4, 0.5) is 11.4 Å². The number of nitrogens with zero attached hydrogens (tertiary/aromatic N) is 2. The van der Waals surface area contributed by atoms with Crippen LogP contribution in [0.5, 0.6) is 5.75 Å². The Kier molecular flexibility index (Phi) is 8.28. The predicted molar refractivity (Wildman–Crippen MR) is 155 cm³/mol. The molecule has 1 aliphatic rings. The molecule has 0 aliphatic carbocycles. The minimum atomic E-state index is -3.38. The summed E-state index contributed by atoms with van der Waals surface area (Å²) in [5.74, 6) is 0.371. The smallest absolute Gasteiger partial charge is 0.255 e. The molecule has 204 valence electrons. The lowest BCUT2D eigenvalue weighted by molar-refractivity contribution is 0.102. The average Bonchev–Trinajstić information content (AvgIpc) is 2.92. The molecule has 0 radical (unpaired) electrons. The molecule has 39 heavy (non-hydrogen) atoms. The number of anilines is 2. The van der Waals surface area contributed by atoms with Gasteiger partial charge in [-0.2, -0.15) is 5.26 Å². The van der Waals surface area contributed by atoms with Gasteiger partial charge in [0.1, 0.15) is 5.75 Å². The largest absolute Gasteiger partial charge is 0.496 e. The zero-order chi connectivity index (χ0) is 28.2. The van der Waals surface area contributed by atoms with Crippen LogP contribution in [0.3, 0.4) is 0 Å². The number of sulfonamides is 1. The van der Waals surface area contributed by atoms with Gasteiger partial charge >= 0.3 is 0 Å². The fourth-order valence-corrected chi connectivity index (χ4v) is 5.57. The maximum atomic E-state index is 13.1. The number of amides is 1. The minimum absolute atomic E-state index is 0.272. The second-order valence-corrected chi connectivity index (χ2v) is 12.0. The SMILES string of the molecule is COc1ccc(NC(=O)c2ccc(-c3cccc(NS(C)(=O)=O)c3)cc2)cc1C1(C#N)CCN(C(C)C)CC1. The van der Waals surface area contributed by atoms with Gasteiger partial charge in [-0.15, -0.1) is 0 Å². The van der Waals surface area contributed by atoms with E-state index in [1.165, 1.54) is 0 Å². The molecule has 9 heteroatoms. The Morgan fingerprint density at radius 1 is 1.00 bits per heavy atom. The second kappa shape index (κ2) is 11.5. The van der Waals surface area contributed by atoms with E-state index in [-0.39, 0.29) is 5.91 Å². The topological polar surface area (TPSA) is 112 Å². The van der Waals surface area contributed by atoms with E-state index in [1.807, 2.05) is 24.3 Å². The van der Waals surface area contributed by atoms with Gasteiger partial charge in [0.15, 0.2) is 0 Å². The third-order valence-corrected chi connectivity index (χ3v) is 7.82. The summed E-state index contributed by atoms with van der Waals surface area (Å²) in [5.41, 5.74) is 3.32. The maximum Gasteiger partial charge on any atom is 0.255 e. The van der Waals surface area contributed by atoms with Gasteiger partial charge in [0.2, 0.25) is 10.0 Å². The molecule has 0 unspecified atom stereocenters. The van der Waals surface area contributed by atoms with Gasteiger partial charge in [0.25, 0.3) is 5.91 Å². The fourth-order valence-electron chi connectivity index (χ4n) is 5.02. The van der Waals surface area contributed by atoms with E-state index < -0.39 is 15.4 Å². The maximum absolute atomic E-state index is 13.1. The zero-order valence-electron chi connectivity index (χ0n) is 22.7. The van der Waals surface area contributed by atoms with E-state index in [0.717, 1.165) is 36.0 Å². The van der Waals surface area contributed by atoms with Gasteiger partial charge in [-0.25, -0.2) is 8.42 Å². The molecular formula is C30H34N4O4S. The van der Waals surface area contributed by atoms with Gasteiger partial charge < -0.3 is 15.0 Å². The number of nitriles is 1. The zero-order valence-corrected chi connectivity index (χ0v) is 23.5. The van der Waals surface area contributed by atoms with Crippen molar-refractivity contribution in [3.63, 3.8) is 0 Å². The summed E-state index contributed by atoms with van der Waals surface area (Å²) in [5, 5.41) is 13.2. The van der Waals surface area contributed by atoms with Gasteiger partial charge in [-0.3, -0.25) is 9.52 Å². The summed E-state index contributed by atoms with van der Waals surface area (Å²) in [6, 6.07) is 22.6. The molecule has 0 atom stereocenters. The van der Waals surface area contributed by atoms with Crippen LogP contribution in [0.2, 0.25) is 0 Å². The number of hydrogen-bond acceptors (Lipinski definition) is 6. The molecule has 1 saturated heterocycles. The molecule has 2 N–H and O–H groups in total. The van der Waals surface area contributed by atoms with E-state index in [0.29, 0.717) is 41.6 Å². The standard InChI is InChI=1S/C30H34N4O4S/c1-21(2)34-16-14-30(20-31,15-17-34)27-19-25(12-13-28(27)38-3)32-29(35)23-10-8-22(9-11-23)24-6-5-7-26(18-24)33-39(4,36)37/h5-13,18-19,21,33H,14-17H2,1-4H3,(H,32,35). The quantitative estimate of drug-likeness (QED) is 0.399. The Balaban J connectivity index is 1.52. The van der Waals surface area contributed by atoms with Gasteiger partial charge in [-0.1, -0.05) is 24.3 Å². The summed E-state index contributed by atoms with van der Waals surface area (Å²) in [6.07, 6.45) is 2.49. The number of likely N-dealkylation sites (tertiary alicyclic amines) is 1. The highest BCUT2D eigenvalue weighted by Crippen LogP contribution is 2.41. The van der Waals surface area contributed by atoms with Crippen LogP contribution in [0.1, 0.15) is 42.6 Å². The molecule has 1 heterocycles.